The topological polar surface area (TPSA) is 71.8 Å². The van der Waals surface area contributed by atoms with Crippen molar-refractivity contribution in [2.45, 2.75) is 12.5 Å². The first kappa shape index (κ1) is 12.8. The molecule has 104 valence electrons. The number of aromatic nitrogens is 3. The fourth-order valence-corrected chi connectivity index (χ4v) is 2.08. The maximum absolute atomic E-state index is 11.9. The Morgan fingerprint density at radius 1 is 1.35 bits per heavy atom. The van der Waals surface area contributed by atoms with E-state index in [4.69, 9.17) is 0 Å². The lowest BCUT2D eigenvalue weighted by Gasteiger charge is -2.26. The molecule has 1 amide bonds. The first-order chi connectivity index (χ1) is 9.83. The van der Waals surface area contributed by atoms with E-state index >= 15 is 0 Å². The first-order valence-corrected chi connectivity index (χ1v) is 6.77. The van der Waals surface area contributed by atoms with Gasteiger partial charge in [0.25, 0.3) is 5.91 Å². The third-order valence-electron chi connectivity index (χ3n) is 3.42. The molecule has 0 spiro atoms. The van der Waals surface area contributed by atoms with E-state index in [1.165, 1.54) is 5.56 Å². The van der Waals surface area contributed by atoms with Crippen LogP contribution in [0.5, 0.6) is 0 Å². The van der Waals surface area contributed by atoms with Crippen LogP contribution in [-0.4, -0.2) is 40.5 Å². The molecule has 0 radical (unpaired) electrons. The van der Waals surface area contributed by atoms with E-state index in [1.54, 1.807) is 10.9 Å². The monoisotopic (exact) mass is 271 g/mol. The summed E-state index contributed by atoms with van der Waals surface area (Å²) in [6, 6.07) is 10.4. The molecule has 2 heterocycles. The van der Waals surface area contributed by atoms with E-state index in [0.717, 1.165) is 19.5 Å². The molecule has 6 heteroatoms. The molecule has 1 saturated heterocycles. The largest absolute Gasteiger partial charge is 0.350 e. The van der Waals surface area contributed by atoms with E-state index in [2.05, 4.69) is 20.9 Å². The molecule has 2 N–H and O–H groups in total. The second kappa shape index (κ2) is 5.83. The Kier molecular flexibility index (Phi) is 3.73. The summed E-state index contributed by atoms with van der Waals surface area (Å²) in [5.41, 5.74) is 1.59. The Morgan fingerprint density at radius 2 is 2.15 bits per heavy atom. The Hall–Kier alpha value is -2.21. The number of hydrogen-bond donors (Lipinski definition) is 2. The Labute approximate surface area is 117 Å². The predicted octanol–water partition coefficient (Wildman–Crippen LogP) is 0.395. The van der Waals surface area contributed by atoms with E-state index in [1.807, 2.05) is 30.3 Å². The zero-order valence-corrected chi connectivity index (χ0v) is 11.1. The van der Waals surface area contributed by atoms with Gasteiger partial charge in [0.1, 0.15) is 0 Å². The van der Waals surface area contributed by atoms with Crippen molar-refractivity contribution in [1.29, 1.82) is 0 Å². The first-order valence-electron chi connectivity index (χ1n) is 6.77. The number of rotatable bonds is 5. The highest BCUT2D eigenvalue weighted by atomic mass is 16.2. The molecule has 1 aromatic heterocycles. The van der Waals surface area contributed by atoms with Gasteiger partial charge in [-0.3, -0.25) is 4.79 Å². The van der Waals surface area contributed by atoms with Gasteiger partial charge in [-0.25, -0.2) is 4.68 Å². The average molecular weight is 271 g/mol. The molecular formula is C14H17N5O. The standard InChI is InChI=1S/C14H17N5O/c20-14(16-7-6-11-4-2-1-3-5-11)13-10-19(18-17-13)12-8-15-9-12/h1-5,10,12,15H,6-9H2,(H,16,20). The summed E-state index contributed by atoms with van der Waals surface area (Å²) in [6.07, 6.45) is 2.52. The van der Waals surface area contributed by atoms with Crippen molar-refractivity contribution >= 4 is 5.91 Å². The summed E-state index contributed by atoms with van der Waals surface area (Å²) >= 11 is 0. The molecule has 20 heavy (non-hydrogen) atoms. The number of nitrogens with zero attached hydrogens (tertiary/aromatic N) is 3. The van der Waals surface area contributed by atoms with Crippen molar-refractivity contribution in [2.24, 2.45) is 0 Å². The Balaban J connectivity index is 1.50. The fourth-order valence-electron chi connectivity index (χ4n) is 2.08. The number of nitrogens with one attached hydrogen (secondary N) is 2. The van der Waals surface area contributed by atoms with Crippen LogP contribution in [0.15, 0.2) is 36.5 Å². The highest BCUT2D eigenvalue weighted by Gasteiger charge is 2.21. The average Bonchev–Trinajstić information content (AvgIpc) is 2.87. The molecule has 0 aliphatic carbocycles. The van der Waals surface area contributed by atoms with E-state index in [-0.39, 0.29) is 5.91 Å². The van der Waals surface area contributed by atoms with Gasteiger partial charge in [-0.1, -0.05) is 35.5 Å². The van der Waals surface area contributed by atoms with Gasteiger partial charge >= 0.3 is 0 Å². The van der Waals surface area contributed by atoms with Crippen LogP contribution in [0.2, 0.25) is 0 Å². The van der Waals surface area contributed by atoms with Crippen molar-refractivity contribution < 1.29 is 4.79 Å². The minimum Gasteiger partial charge on any atom is -0.350 e. The van der Waals surface area contributed by atoms with E-state index in [9.17, 15) is 4.79 Å². The van der Waals surface area contributed by atoms with Crippen LogP contribution in [0.25, 0.3) is 0 Å². The maximum atomic E-state index is 11.9. The number of carbonyl (C=O) groups is 1. The normalized spacial score (nSPS) is 14.8. The molecule has 6 nitrogen and oxygen atoms in total. The number of carbonyl (C=O) groups excluding carboxylic acids is 1. The minimum absolute atomic E-state index is 0.167. The van der Waals surface area contributed by atoms with Crippen molar-refractivity contribution in [1.82, 2.24) is 25.6 Å². The Bertz CT molecular complexity index is 576. The molecule has 3 rings (SSSR count). The highest BCUT2D eigenvalue weighted by Crippen LogP contribution is 2.09. The summed E-state index contributed by atoms with van der Waals surface area (Å²) < 4.78 is 1.75. The van der Waals surface area contributed by atoms with Crippen LogP contribution in [-0.2, 0) is 6.42 Å². The molecule has 0 unspecified atom stereocenters. The molecule has 1 aromatic carbocycles. The lowest BCUT2D eigenvalue weighted by atomic mass is 10.1. The van der Waals surface area contributed by atoms with Crippen LogP contribution in [0.1, 0.15) is 22.1 Å². The number of amides is 1. The molecular weight excluding hydrogens is 254 g/mol. The van der Waals surface area contributed by atoms with E-state index in [0.29, 0.717) is 18.3 Å². The maximum Gasteiger partial charge on any atom is 0.273 e. The van der Waals surface area contributed by atoms with Crippen LogP contribution in [0.4, 0.5) is 0 Å². The van der Waals surface area contributed by atoms with Gasteiger partial charge in [-0.2, -0.15) is 0 Å². The van der Waals surface area contributed by atoms with Crippen LogP contribution in [0, 0.1) is 0 Å². The van der Waals surface area contributed by atoms with Gasteiger partial charge in [-0.15, -0.1) is 5.10 Å². The molecule has 0 atom stereocenters. The predicted molar refractivity (Wildman–Crippen MR) is 74.4 cm³/mol. The second-order valence-corrected chi connectivity index (χ2v) is 4.89. The van der Waals surface area contributed by atoms with Crippen molar-refractivity contribution in [3.05, 3.63) is 47.8 Å². The van der Waals surface area contributed by atoms with Gasteiger partial charge in [0.15, 0.2) is 5.69 Å². The van der Waals surface area contributed by atoms with Gasteiger partial charge in [-0.05, 0) is 12.0 Å². The SMILES string of the molecule is O=C(NCCc1ccccc1)c1cn(C2CNC2)nn1. The third-order valence-corrected chi connectivity index (χ3v) is 3.42. The third kappa shape index (κ3) is 2.85. The second-order valence-electron chi connectivity index (χ2n) is 4.89. The van der Waals surface area contributed by atoms with Gasteiger partial charge in [0.2, 0.25) is 0 Å². The quantitative estimate of drug-likeness (QED) is 0.825. The van der Waals surface area contributed by atoms with Gasteiger partial charge in [0.05, 0.1) is 12.2 Å². The van der Waals surface area contributed by atoms with E-state index < -0.39 is 0 Å². The van der Waals surface area contributed by atoms with Crippen LogP contribution in [0.3, 0.4) is 0 Å². The smallest absolute Gasteiger partial charge is 0.273 e. The highest BCUT2D eigenvalue weighted by molar-refractivity contribution is 5.91. The number of benzene rings is 1. The molecule has 1 aliphatic heterocycles. The summed E-state index contributed by atoms with van der Waals surface area (Å²) in [5.74, 6) is -0.167. The van der Waals surface area contributed by atoms with Crippen molar-refractivity contribution in [3.63, 3.8) is 0 Å². The van der Waals surface area contributed by atoms with Crippen molar-refractivity contribution in [3.8, 4) is 0 Å². The van der Waals surface area contributed by atoms with Crippen LogP contribution >= 0.6 is 0 Å². The van der Waals surface area contributed by atoms with Gasteiger partial charge < -0.3 is 10.6 Å². The fraction of sp³-hybridized carbons (Fsp3) is 0.357. The lowest BCUT2D eigenvalue weighted by molar-refractivity contribution is 0.0949. The van der Waals surface area contributed by atoms with Crippen molar-refractivity contribution in [2.75, 3.05) is 19.6 Å². The Morgan fingerprint density at radius 3 is 2.85 bits per heavy atom. The molecule has 2 aromatic rings. The zero-order valence-electron chi connectivity index (χ0n) is 11.1. The molecule has 1 fully saturated rings. The zero-order chi connectivity index (χ0) is 13.8. The molecule has 1 aliphatic rings. The minimum atomic E-state index is -0.167. The summed E-state index contributed by atoms with van der Waals surface area (Å²) in [7, 11) is 0. The summed E-state index contributed by atoms with van der Waals surface area (Å²) in [5, 5.41) is 13.9. The van der Waals surface area contributed by atoms with Gasteiger partial charge in [0, 0.05) is 19.6 Å². The number of hydrogen-bond acceptors (Lipinski definition) is 4. The summed E-state index contributed by atoms with van der Waals surface area (Å²) in [4.78, 5) is 11.9. The lowest BCUT2D eigenvalue weighted by Crippen LogP contribution is -2.43. The summed E-state index contributed by atoms with van der Waals surface area (Å²) in [6.45, 7) is 2.37. The van der Waals surface area contributed by atoms with Crippen LogP contribution < -0.4 is 10.6 Å². The molecule has 0 saturated carbocycles. The molecule has 0 bridgehead atoms.